The second-order valence-electron chi connectivity index (χ2n) is 7.92. The maximum absolute atomic E-state index is 13.1. The smallest absolute Gasteiger partial charge is 0.226 e. The number of rotatable bonds is 3. The van der Waals surface area contributed by atoms with Gasteiger partial charge in [-0.3, -0.25) is 4.79 Å². The van der Waals surface area contributed by atoms with Crippen LogP contribution in [0.25, 0.3) is 11.1 Å². The Bertz CT molecular complexity index is 1020. The standard InChI is InChI=1S/C23H28N2O4S/c1-2-30(27,28)24-20-10-6-13-25-21(20)16-17-7-5-8-18(15-17)19-9-3-4-11-22(19)29-14-12-23(25)26/h3-5,7-9,11,15,20-21,24H,2,6,10,12-14,16H2,1H3/t20-,21-/m0/s1. The van der Waals surface area contributed by atoms with Crippen LogP contribution in [0.4, 0.5) is 0 Å². The highest BCUT2D eigenvalue weighted by Crippen LogP contribution is 2.32. The van der Waals surface area contributed by atoms with Crippen LogP contribution in [0.2, 0.25) is 0 Å². The van der Waals surface area contributed by atoms with Gasteiger partial charge in [-0.1, -0.05) is 42.5 Å². The third kappa shape index (κ3) is 4.52. The third-order valence-electron chi connectivity index (χ3n) is 5.95. The van der Waals surface area contributed by atoms with Crippen LogP contribution in [-0.4, -0.2) is 50.2 Å². The van der Waals surface area contributed by atoms with Gasteiger partial charge in [0, 0.05) is 18.2 Å². The molecule has 0 aromatic heterocycles. The first-order chi connectivity index (χ1) is 14.5. The van der Waals surface area contributed by atoms with E-state index < -0.39 is 10.0 Å². The van der Waals surface area contributed by atoms with Gasteiger partial charge in [0.2, 0.25) is 15.9 Å². The molecule has 2 aromatic rings. The van der Waals surface area contributed by atoms with Gasteiger partial charge in [-0.2, -0.15) is 0 Å². The lowest BCUT2D eigenvalue weighted by Crippen LogP contribution is -2.58. The number of ether oxygens (including phenoxy) is 1. The van der Waals surface area contributed by atoms with Crippen LogP contribution in [0.5, 0.6) is 5.75 Å². The molecule has 1 fully saturated rings. The minimum Gasteiger partial charge on any atom is -0.492 e. The zero-order valence-corrected chi connectivity index (χ0v) is 18.0. The predicted octanol–water partition coefficient (Wildman–Crippen LogP) is 2.98. The fourth-order valence-corrected chi connectivity index (χ4v) is 5.30. The van der Waals surface area contributed by atoms with Crippen LogP contribution in [0, 0.1) is 0 Å². The van der Waals surface area contributed by atoms with Crippen LogP contribution in [0.15, 0.2) is 48.5 Å². The van der Waals surface area contributed by atoms with Crippen molar-refractivity contribution in [1.82, 2.24) is 9.62 Å². The number of benzene rings is 2. The summed E-state index contributed by atoms with van der Waals surface area (Å²) in [7, 11) is -3.36. The number of hydrogen-bond donors (Lipinski definition) is 1. The molecule has 4 rings (SSSR count). The lowest BCUT2D eigenvalue weighted by Gasteiger charge is -2.42. The quantitative estimate of drug-likeness (QED) is 0.816. The minimum absolute atomic E-state index is 0.00889. The average Bonchev–Trinajstić information content (AvgIpc) is 2.74. The van der Waals surface area contributed by atoms with Crippen molar-refractivity contribution in [3.63, 3.8) is 0 Å². The van der Waals surface area contributed by atoms with E-state index in [1.54, 1.807) is 6.92 Å². The Hall–Kier alpha value is -2.38. The highest BCUT2D eigenvalue weighted by Gasteiger charge is 2.36. The number of hydrogen-bond acceptors (Lipinski definition) is 4. The average molecular weight is 429 g/mol. The number of nitrogens with zero attached hydrogens (tertiary/aromatic N) is 1. The molecule has 0 saturated carbocycles. The van der Waals surface area contributed by atoms with Gasteiger partial charge in [0.25, 0.3) is 0 Å². The number of fused-ring (bicyclic) bond motifs is 5. The van der Waals surface area contributed by atoms with Gasteiger partial charge < -0.3 is 9.64 Å². The maximum Gasteiger partial charge on any atom is 0.226 e. The molecule has 7 heteroatoms. The van der Waals surface area contributed by atoms with E-state index in [2.05, 4.69) is 16.9 Å². The van der Waals surface area contributed by atoms with Gasteiger partial charge in [0.15, 0.2) is 0 Å². The summed E-state index contributed by atoms with van der Waals surface area (Å²) >= 11 is 0. The molecule has 2 heterocycles. The zero-order chi connectivity index (χ0) is 21.1. The molecule has 2 bridgehead atoms. The molecule has 1 N–H and O–H groups in total. The number of carbonyl (C=O) groups is 1. The zero-order valence-electron chi connectivity index (χ0n) is 17.2. The van der Waals surface area contributed by atoms with Gasteiger partial charge in [-0.05, 0) is 43.4 Å². The summed E-state index contributed by atoms with van der Waals surface area (Å²) in [6, 6.07) is 15.6. The summed E-state index contributed by atoms with van der Waals surface area (Å²) in [6.45, 7) is 2.57. The molecule has 1 saturated heterocycles. The first kappa shape index (κ1) is 20.9. The highest BCUT2D eigenvalue weighted by molar-refractivity contribution is 7.89. The number of sulfonamides is 1. The van der Waals surface area contributed by atoms with E-state index in [1.807, 2.05) is 41.3 Å². The monoisotopic (exact) mass is 428 g/mol. The second kappa shape index (κ2) is 8.78. The predicted molar refractivity (Wildman–Crippen MR) is 117 cm³/mol. The maximum atomic E-state index is 13.1. The fourth-order valence-electron chi connectivity index (χ4n) is 4.40. The van der Waals surface area contributed by atoms with E-state index in [4.69, 9.17) is 4.74 Å². The molecule has 1 amide bonds. The number of carbonyl (C=O) groups excluding carboxylic acids is 1. The molecule has 6 nitrogen and oxygen atoms in total. The molecular weight excluding hydrogens is 400 g/mol. The van der Waals surface area contributed by atoms with E-state index >= 15 is 0 Å². The van der Waals surface area contributed by atoms with E-state index in [9.17, 15) is 13.2 Å². The molecule has 0 unspecified atom stereocenters. The van der Waals surface area contributed by atoms with Gasteiger partial charge in [-0.25, -0.2) is 13.1 Å². The highest BCUT2D eigenvalue weighted by atomic mass is 32.2. The molecular formula is C23H28N2O4S. The lowest BCUT2D eigenvalue weighted by molar-refractivity contribution is -0.136. The van der Waals surface area contributed by atoms with Gasteiger partial charge >= 0.3 is 0 Å². The first-order valence-corrected chi connectivity index (χ1v) is 12.2. The molecule has 30 heavy (non-hydrogen) atoms. The normalized spacial score (nSPS) is 22.2. The summed E-state index contributed by atoms with van der Waals surface area (Å²) < 4.78 is 33.4. The van der Waals surface area contributed by atoms with Crippen molar-refractivity contribution >= 4 is 15.9 Å². The SMILES string of the molecule is CCS(=O)(=O)N[C@H]1CCCN2C(=O)CCOc3ccccc3-c3cccc(c3)C[C@@H]12. The van der Waals surface area contributed by atoms with Gasteiger partial charge in [-0.15, -0.1) is 0 Å². The van der Waals surface area contributed by atoms with Crippen LogP contribution in [0.3, 0.4) is 0 Å². The van der Waals surface area contributed by atoms with Crippen molar-refractivity contribution in [2.45, 2.75) is 44.7 Å². The second-order valence-corrected chi connectivity index (χ2v) is 9.97. The molecule has 2 aromatic carbocycles. The largest absolute Gasteiger partial charge is 0.492 e. The minimum atomic E-state index is -3.36. The van der Waals surface area contributed by atoms with Crippen molar-refractivity contribution in [2.75, 3.05) is 18.9 Å². The topological polar surface area (TPSA) is 75.7 Å². The molecule has 2 aliphatic heterocycles. The summed E-state index contributed by atoms with van der Waals surface area (Å²) in [6.07, 6.45) is 2.39. The Morgan fingerprint density at radius 1 is 1.17 bits per heavy atom. The fraction of sp³-hybridized carbons (Fsp3) is 0.435. The van der Waals surface area contributed by atoms with Gasteiger partial charge in [0.1, 0.15) is 5.75 Å². The molecule has 0 aliphatic carbocycles. The van der Waals surface area contributed by atoms with Crippen molar-refractivity contribution in [3.05, 3.63) is 54.1 Å². The Kier molecular flexibility index (Phi) is 6.11. The van der Waals surface area contributed by atoms with E-state index in [0.717, 1.165) is 35.3 Å². The number of amides is 1. The summed E-state index contributed by atoms with van der Waals surface area (Å²) in [5, 5.41) is 0. The van der Waals surface area contributed by atoms with Crippen LogP contribution in [0.1, 0.15) is 31.7 Å². The lowest BCUT2D eigenvalue weighted by atomic mass is 9.90. The Balaban J connectivity index is 1.73. The summed E-state index contributed by atoms with van der Waals surface area (Å²) in [4.78, 5) is 14.9. The molecule has 2 atom stereocenters. The van der Waals surface area contributed by atoms with Crippen LogP contribution in [-0.2, 0) is 21.2 Å². The number of para-hydroxylation sites is 1. The van der Waals surface area contributed by atoms with Crippen molar-refractivity contribution in [1.29, 1.82) is 0 Å². The molecule has 0 radical (unpaired) electrons. The van der Waals surface area contributed by atoms with Gasteiger partial charge in [0.05, 0.1) is 24.8 Å². The first-order valence-electron chi connectivity index (χ1n) is 10.6. The Morgan fingerprint density at radius 3 is 2.83 bits per heavy atom. The summed E-state index contributed by atoms with van der Waals surface area (Å²) in [5.41, 5.74) is 3.13. The van der Waals surface area contributed by atoms with E-state index in [1.165, 1.54) is 0 Å². The Morgan fingerprint density at radius 2 is 2.00 bits per heavy atom. The van der Waals surface area contributed by atoms with Crippen molar-refractivity contribution in [2.24, 2.45) is 0 Å². The molecule has 2 aliphatic rings. The Labute approximate surface area is 178 Å². The van der Waals surface area contributed by atoms with E-state index in [0.29, 0.717) is 19.6 Å². The van der Waals surface area contributed by atoms with Crippen LogP contribution < -0.4 is 9.46 Å². The number of piperidine rings is 1. The van der Waals surface area contributed by atoms with Crippen molar-refractivity contribution < 1.29 is 17.9 Å². The third-order valence-corrected chi connectivity index (χ3v) is 7.38. The van der Waals surface area contributed by atoms with Crippen LogP contribution >= 0.6 is 0 Å². The molecule has 0 spiro atoms. The van der Waals surface area contributed by atoms with Crippen molar-refractivity contribution in [3.8, 4) is 16.9 Å². The number of nitrogens with one attached hydrogen (secondary N) is 1. The van der Waals surface area contributed by atoms with E-state index in [-0.39, 0.29) is 30.2 Å². The molecule has 160 valence electrons. The summed E-state index contributed by atoms with van der Waals surface area (Å²) in [5.74, 6) is 0.811.